The van der Waals surface area contributed by atoms with Crippen LogP contribution in [0.5, 0.6) is 0 Å². The molecule has 0 bridgehead atoms. The number of ketones is 1. The molecule has 0 saturated heterocycles. The van der Waals surface area contributed by atoms with Gasteiger partial charge in [-0.15, -0.1) is 0 Å². The van der Waals surface area contributed by atoms with Crippen LogP contribution in [0.2, 0.25) is 0 Å². The minimum absolute atomic E-state index is 0.130. The highest BCUT2D eigenvalue weighted by molar-refractivity contribution is 9.09. The molecular formula is C10H13BrN2O3. The van der Waals surface area contributed by atoms with E-state index in [1.807, 2.05) is 0 Å². The largest absolute Gasteiger partial charge is 0.442 e. The van der Waals surface area contributed by atoms with Crippen molar-refractivity contribution in [2.75, 3.05) is 5.33 Å². The summed E-state index contributed by atoms with van der Waals surface area (Å²) in [5.74, 6) is -0.130. The third-order valence-corrected chi connectivity index (χ3v) is 2.12. The summed E-state index contributed by atoms with van der Waals surface area (Å²) in [5.41, 5.74) is -0.203. The van der Waals surface area contributed by atoms with Crippen LogP contribution in [0.4, 0.5) is 4.79 Å². The molecule has 0 fully saturated rings. The molecule has 0 spiro atoms. The summed E-state index contributed by atoms with van der Waals surface area (Å²) in [5, 5.41) is 3.97. The van der Waals surface area contributed by atoms with Crippen molar-refractivity contribution in [3.05, 3.63) is 18.0 Å². The highest BCUT2D eigenvalue weighted by Gasteiger charge is 2.19. The quantitative estimate of drug-likeness (QED) is 0.619. The van der Waals surface area contributed by atoms with E-state index in [9.17, 15) is 9.59 Å². The average molecular weight is 289 g/mol. The predicted molar refractivity (Wildman–Crippen MR) is 62.0 cm³/mol. The van der Waals surface area contributed by atoms with E-state index in [1.54, 1.807) is 20.8 Å². The number of Topliss-reactive ketones (excluding diaryl/α,β-unsaturated/α-hetero) is 1. The number of aromatic nitrogens is 2. The van der Waals surface area contributed by atoms with Crippen LogP contribution >= 0.6 is 15.9 Å². The molecule has 6 heteroatoms. The van der Waals surface area contributed by atoms with E-state index in [0.717, 1.165) is 4.68 Å². The third kappa shape index (κ3) is 3.44. The zero-order chi connectivity index (χ0) is 12.3. The molecule has 0 radical (unpaired) electrons. The van der Waals surface area contributed by atoms with E-state index in [-0.39, 0.29) is 11.1 Å². The lowest BCUT2D eigenvalue weighted by Crippen LogP contribution is -2.27. The molecule has 0 N–H and O–H groups in total. The second-order valence-electron chi connectivity index (χ2n) is 4.21. The van der Waals surface area contributed by atoms with Gasteiger partial charge in [-0.05, 0) is 20.8 Å². The molecule has 1 rings (SSSR count). The molecule has 0 atom stereocenters. The summed E-state index contributed by atoms with van der Waals surface area (Å²) in [6.45, 7) is 5.29. The minimum Gasteiger partial charge on any atom is -0.442 e. The smallest absolute Gasteiger partial charge is 0.435 e. The van der Waals surface area contributed by atoms with Gasteiger partial charge in [0.25, 0.3) is 0 Å². The normalized spacial score (nSPS) is 11.2. The van der Waals surface area contributed by atoms with Crippen LogP contribution in [0.25, 0.3) is 0 Å². The number of carbonyl (C=O) groups excluding carboxylic acids is 2. The van der Waals surface area contributed by atoms with Crippen LogP contribution in [-0.2, 0) is 4.74 Å². The van der Waals surface area contributed by atoms with Gasteiger partial charge in [-0.25, -0.2) is 4.79 Å². The molecule has 1 heterocycles. The molecule has 1 aromatic heterocycles. The number of hydrogen-bond acceptors (Lipinski definition) is 4. The summed E-state index contributed by atoms with van der Waals surface area (Å²) in [4.78, 5) is 22.8. The maximum absolute atomic E-state index is 11.5. The molecule has 0 aliphatic heterocycles. The molecular weight excluding hydrogens is 276 g/mol. The summed E-state index contributed by atoms with van der Waals surface area (Å²) in [7, 11) is 0. The Morgan fingerprint density at radius 3 is 2.62 bits per heavy atom. The van der Waals surface area contributed by atoms with Crippen molar-refractivity contribution >= 4 is 27.8 Å². The fraction of sp³-hybridized carbons (Fsp3) is 0.500. The van der Waals surface area contributed by atoms with Crippen LogP contribution in [0, 0.1) is 0 Å². The lowest BCUT2D eigenvalue weighted by atomic mass is 10.2. The van der Waals surface area contributed by atoms with Crippen LogP contribution in [0.1, 0.15) is 31.1 Å². The van der Waals surface area contributed by atoms with Gasteiger partial charge in [-0.3, -0.25) is 4.79 Å². The number of alkyl halides is 1. The van der Waals surface area contributed by atoms with Gasteiger partial charge in [0, 0.05) is 6.20 Å². The van der Waals surface area contributed by atoms with E-state index in [1.165, 1.54) is 12.4 Å². The molecule has 5 nitrogen and oxygen atoms in total. The first-order valence-corrected chi connectivity index (χ1v) is 5.83. The van der Waals surface area contributed by atoms with Gasteiger partial charge >= 0.3 is 6.09 Å². The van der Waals surface area contributed by atoms with E-state index in [0.29, 0.717) is 5.56 Å². The Morgan fingerprint density at radius 1 is 1.50 bits per heavy atom. The number of carbonyl (C=O) groups is 2. The van der Waals surface area contributed by atoms with Gasteiger partial charge in [0.15, 0.2) is 5.78 Å². The Balaban J connectivity index is 2.78. The van der Waals surface area contributed by atoms with Crippen LogP contribution in [-0.4, -0.2) is 32.6 Å². The van der Waals surface area contributed by atoms with E-state index >= 15 is 0 Å². The maximum Gasteiger partial charge on any atom is 0.435 e. The highest BCUT2D eigenvalue weighted by atomic mass is 79.9. The fourth-order valence-corrected chi connectivity index (χ4v) is 1.28. The molecule has 0 unspecified atom stereocenters. The van der Waals surface area contributed by atoms with Gasteiger partial charge in [0.2, 0.25) is 0 Å². The van der Waals surface area contributed by atoms with Gasteiger partial charge in [-0.2, -0.15) is 9.78 Å². The topological polar surface area (TPSA) is 61.2 Å². The monoisotopic (exact) mass is 288 g/mol. The lowest BCUT2D eigenvalue weighted by Gasteiger charge is -2.18. The highest BCUT2D eigenvalue weighted by Crippen LogP contribution is 2.09. The number of halogens is 1. The zero-order valence-corrected chi connectivity index (χ0v) is 10.9. The third-order valence-electron chi connectivity index (χ3n) is 1.61. The number of hydrogen-bond donors (Lipinski definition) is 0. The van der Waals surface area contributed by atoms with Crippen LogP contribution in [0.15, 0.2) is 12.4 Å². The lowest BCUT2D eigenvalue weighted by molar-refractivity contribution is 0.0514. The molecule has 88 valence electrons. The maximum atomic E-state index is 11.5. The van der Waals surface area contributed by atoms with Crippen molar-refractivity contribution in [1.29, 1.82) is 0 Å². The number of nitrogens with zero attached hydrogens (tertiary/aromatic N) is 2. The Kier molecular flexibility index (Phi) is 3.85. The van der Waals surface area contributed by atoms with Gasteiger partial charge in [0.1, 0.15) is 5.60 Å². The Labute approximate surface area is 102 Å². The van der Waals surface area contributed by atoms with Gasteiger partial charge < -0.3 is 4.74 Å². The molecule has 0 aromatic carbocycles. The van der Waals surface area contributed by atoms with Crippen molar-refractivity contribution in [2.45, 2.75) is 26.4 Å². The molecule has 1 aromatic rings. The van der Waals surface area contributed by atoms with E-state index < -0.39 is 11.7 Å². The standard InChI is InChI=1S/C10H13BrN2O3/c1-10(2,3)16-9(15)13-6-7(5-12-13)8(14)4-11/h5-6H,4H2,1-3H3. The van der Waals surface area contributed by atoms with Crippen molar-refractivity contribution in [2.24, 2.45) is 0 Å². The molecule has 16 heavy (non-hydrogen) atoms. The molecule has 0 aliphatic carbocycles. The minimum atomic E-state index is -0.596. The van der Waals surface area contributed by atoms with E-state index in [4.69, 9.17) is 4.74 Å². The summed E-state index contributed by atoms with van der Waals surface area (Å²) in [6.07, 6.45) is 2.10. The number of ether oxygens (including phenoxy) is 1. The Hall–Kier alpha value is -1.17. The van der Waals surface area contributed by atoms with Crippen molar-refractivity contribution < 1.29 is 14.3 Å². The van der Waals surface area contributed by atoms with Crippen LogP contribution in [0.3, 0.4) is 0 Å². The second kappa shape index (κ2) is 4.78. The van der Waals surface area contributed by atoms with E-state index in [2.05, 4.69) is 21.0 Å². The van der Waals surface area contributed by atoms with Crippen molar-refractivity contribution in [3.63, 3.8) is 0 Å². The fourth-order valence-electron chi connectivity index (χ4n) is 0.952. The predicted octanol–water partition coefficient (Wildman–Crippen LogP) is 2.24. The zero-order valence-electron chi connectivity index (χ0n) is 9.36. The first-order chi connectivity index (χ1) is 7.33. The number of rotatable bonds is 2. The molecule has 0 aliphatic rings. The summed E-state index contributed by atoms with van der Waals surface area (Å²) >= 11 is 3.04. The second-order valence-corrected chi connectivity index (χ2v) is 4.77. The summed E-state index contributed by atoms with van der Waals surface area (Å²) in [6, 6.07) is 0. The first-order valence-electron chi connectivity index (χ1n) is 4.70. The van der Waals surface area contributed by atoms with Crippen molar-refractivity contribution in [1.82, 2.24) is 9.78 Å². The Bertz CT molecular complexity index is 406. The SMILES string of the molecule is CC(C)(C)OC(=O)n1cc(C(=O)CBr)cn1. The average Bonchev–Trinajstić information content (AvgIpc) is 2.62. The molecule has 0 saturated carbocycles. The Morgan fingerprint density at radius 2 is 2.12 bits per heavy atom. The van der Waals surface area contributed by atoms with Crippen molar-refractivity contribution in [3.8, 4) is 0 Å². The first kappa shape index (κ1) is 12.9. The summed E-state index contributed by atoms with van der Waals surface area (Å²) < 4.78 is 6.10. The van der Waals surface area contributed by atoms with Crippen LogP contribution < -0.4 is 0 Å². The van der Waals surface area contributed by atoms with Gasteiger partial charge in [-0.1, -0.05) is 15.9 Å². The van der Waals surface area contributed by atoms with Gasteiger partial charge in [0.05, 0.1) is 17.1 Å². The molecule has 0 amide bonds.